The van der Waals surface area contributed by atoms with Crippen LogP contribution in [-0.4, -0.2) is 37.0 Å². The molecule has 0 saturated heterocycles. The van der Waals surface area contributed by atoms with Gasteiger partial charge in [-0.25, -0.2) is 4.98 Å². The van der Waals surface area contributed by atoms with Crippen molar-refractivity contribution < 1.29 is 30.0 Å². The number of carbonyl (C=O) groups excluding carboxylic acids is 1. The minimum Gasteiger partial charge on any atom is -0.512 e. The Hall–Kier alpha value is -2.75. The predicted octanol–water partition coefficient (Wildman–Crippen LogP) is 13.9. The number of aliphatic hydroxyl groups is 1. The zero-order valence-electron chi connectivity index (χ0n) is 35.2. The third-order valence-electron chi connectivity index (χ3n) is 9.85. The van der Waals surface area contributed by atoms with Gasteiger partial charge in [0.2, 0.25) is 0 Å². The molecule has 4 nitrogen and oxygen atoms in total. The SMILES string of the molecule is CCC(C[Si](C)(C)C)C(=O)/C=C(\O)C(CC)C[Si](C)(C)C.Cc1cc(C)c(-c2nc3ccnc(-c4[c-]c5ccccc5c(C(C)(C)C)c4)c3s2)c(C)c1.[Ir]. The van der Waals surface area contributed by atoms with E-state index in [0.29, 0.717) is 5.76 Å². The zero-order chi connectivity index (χ0) is 39.5. The molecule has 3 aromatic carbocycles. The predicted molar refractivity (Wildman–Crippen MR) is 237 cm³/mol. The topological polar surface area (TPSA) is 63.1 Å². The number of fused-ring (bicyclic) bond motifs is 2. The van der Waals surface area contributed by atoms with Crippen LogP contribution in [0.2, 0.25) is 51.4 Å². The number of ketones is 1. The van der Waals surface area contributed by atoms with Crippen molar-refractivity contribution in [2.75, 3.05) is 0 Å². The zero-order valence-corrected chi connectivity index (χ0v) is 40.5. The second-order valence-electron chi connectivity index (χ2n) is 18.4. The molecule has 2 unspecified atom stereocenters. The van der Waals surface area contributed by atoms with Crippen LogP contribution in [0, 0.1) is 38.7 Å². The molecule has 2 aromatic heterocycles. The fourth-order valence-corrected chi connectivity index (χ4v) is 12.6. The Bertz CT molecular complexity index is 2080. The summed E-state index contributed by atoms with van der Waals surface area (Å²) in [6.07, 6.45) is 5.20. The molecule has 0 aliphatic rings. The van der Waals surface area contributed by atoms with Crippen LogP contribution in [0.3, 0.4) is 0 Å². The number of aromatic nitrogens is 2. The molecule has 2 heterocycles. The first kappa shape index (κ1) is 45.6. The number of nitrogens with zero attached hydrogens (tertiary/aromatic N) is 2. The standard InChI is InChI=1S/C29H27N2S.C17H36O2Si2.Ir/c1-17-13-18(2)25(19(3)14-17)28-31-24-11-12-30-26(27(24)32-28)21-15-20-9-7-8-10-22(20)23(16-21)29(4,5)6;1-9-14(12-20(3,4)5)16(18)11-17(19)15(10-2)13-21(6,7)8;/h7-14,16H,1-6H3;11,14-15,18H,9-10,12-13H2,1-8H3;/q-1;;/b;16-11-;. The van der Waals surface area contributed by atoms with Gasteiger partial charge in [0.05, 0.1) is 11.3 Å². The van der Waals surface area contributed by atoms with Crippen LogP contribution in [-0.2, 0) is 30.3 Å². The largest absolute Gasteiger partial charge is 0.512 e. The summed E-state index contributed by atoms with van der Waals surface area (Å²) < 4.78 is 1.12. The van der Waals surface area contributed by atoms with E-state index in [1.165, 1.54) is 33.2 Å². The molecule has 0 aliphatic carbocycles. The van der Waals surface area contributed by atoms with Crippen molar-refractivity contribution >= 4 is 54.3 Å². The van der Waals surface area contributed by atoms with Gasteiger partial charge in [0.1, 0.15) is 5.01 Å². The van der Waals surface area contributed by atoms with Gasteiger partial charge in [0, 0.05) is 76.3 Å². The first-order chi connectivity index (χ1) is 24.6. The van der Waals surface area contributed by atoms with Crippen LogP contribution in [0.4, 0.5) is 0 Å². The second-order valence-corrected chi connectivity index (χ2v) is 30.5. The summed E-state index contributed by atoms with van der Waals surface area (Å²) >= 11 is 1.73. The first-order valence-corrected chi connectivity index (χ1v) is 27.6. The van der Waals surface area contributed by atoms with Crippen molar-refractivity contribution in [3.05, 3.63) is 94.9 Å². The van der Waals surface area contributed by atoms with Crippen molar-refractivity contribution in [1.82, 2.24) is 9.97 Å². The first-order valence-electron chi connectivity index (χ1n) is 19.4. The van der Waals surface area contributed by atoms with Gasteiger partial charge < -0.3 is 5.11 Å². The van der Waals surface area contributed by atoms with Crippen LogP contribution in [0.15, 0.2) is 66.6 Å². The minimum atomic E-state index is -1.25. The fraction of sp³-hybridized carbons (Fsp3) is 0.457. The molecule has 1 N–H and O–H groups in total. The third kappa shape index (κ3) is 11.9. The summed E-state index contributed by atoms with van der Waals surface area (Å²) in [5.41, 5.74) is 9.38. The van der Waals surface area contributed by atoms with Gasteiger partial charge in [0.25, 0.3) is 0 Å². The summed E-state index contributed by atoms with van der Waals surface area (Å²) in [5.74, 6) is 0.693. The van der Waals surface area contributed by atoms with Crippen molar-refractivity contribution in [1.29, 1.82) is 0 Å². The molecule has 0 amide bonds. The van der Waals surface area contributed by atoms with E-state index in [1.807, 2.05) is 12.3 Å². The van der Waals surface area contributed by atoms with E-state index >= 15 is 0 Å². The van der Waals surface area contributed by atoms with Crippen LogP contribution in [0.1, 0.15) is 69.7 Å². The molecule has 0 spiro atoms. The molecule has 5 rings (SSSR count). The Kier molecular flexibility index (Phi) is 15.6. The molecule has 1 radical (unpaired) electrons. The van der Waals surface area contributed by atoms with Crippen molar-refractivity contribution in [2.45, 2.75) is 125 Å². The number of carbonyl (C=O) groups is 1. The average Bonchev–Trinajstić information content (AvgIpc) is 3.48. The van der Waals surface area contributed by atoms with Gasteiger partial charge in [-0.3, -0.25) is 9.78 Å². The van der Waals surface area contributed by atoms with Crippen LogP contribution in [0.5, 0.6) is 0 Å². The minimum absolute atomic E-state index is 0. The molecule has 8 heteroatoms. The molecule has 54 heavy (non-hydrogen) atoms. The number of allylic oxidation sites excluding steroid dienone is 2. The number of hydrogen-bond donors (Lipinski definition) is 1. The van der Waals surface area contributed by atoms with E-state index in [-0.39, 0.29) is 43.1 Å². The molecular weight excluding hydrogens is 893 g/mol. The molecular formula is C46H63IrN2O2SSi2-. The number of aryl methyl sites for hydroxylation is 3. The van der Waals surface area contributed by atoms with Crippen molar-refractivity contribution in [2.24, 2.45) is 11.8 Å². The summed E-state index contributed by atoms with van der Waals surface area (Å²) in [6, 6.07) is 23.0. The quantitative estimate of drug-likeness (QED) is 0.0620. The summed E-state index contributed by atoms with van der Waals surface area (Å²) in [5, 5.41) is 13.8. The molecule has 293 valence electrons. The Labute approximate surface area is 345 Å². The summed E-state index contributed by atoms with van der Waals surface area (Å²) in [7, 11) is -2.49. The van der Waals surface area contributed by atoms with E-state index in [2.05, 4.69) is 143 Å². The monoisotopic (exact) mass is 956 g/mol. The normalized spacial score (nSPS) is 13.6. The van der Waals surface area contributed by atoms with Crippen LogP contribution in [0.25, 0.3) is 42.8 Å². The van der Waals surface area contributed by atoms with Gasteiger partial charge >= 0.3 is 0 Å². The molecule has 2 atom stereocenters. The van der Waals surface area contributed by atoms with E-state index in [1.54, 1.807) is 17.4 Å². The number of rotatable bonds is 11. The number of thiazole rings is 1. The Morgan fingerprint density at radius 3 is 2.02 bits per heavy atom. The summed E-state index contributed by atoms with van der Waals surface area (Å²) in [4.78, 5) is 22.3. The van der Waals surface area contributed by atoms with E-state index in [9.17, 15) is 9.90 Å². The maximum atomic E-state index is 12.4. The molecule has 0 aliphatic heterocycles. The average molecular weight is 956 g/mol. The van der Waals surface area contributed by atoms with E-state index in [0.717, 1.165) is 56.8 Å². The smallest absolute Gasteiger partial charge is 0.161 e. The third-order valence-corrected chi connectivity index (χ3v) is 14.4. The number of hydrogen-bond acceptors (Lipinski definition) is 5. The number of benzene rings is 3. The van der Waals surface area contributed by atoms with Gasteiger partial charge in [-0.15, -0.1) is 40.5 Å². The van der Waals surface area contributed by atoms with Gasteiger partial charge in [-0.1, -0.05) is 121 Å². The van der Waals surface area contributed by atoms with Crippen LogP contribution < -0.4 is 0 Å². The van der Waals surface area contributed by atoms with Gasteiger partial charge in [0.15, 0.2) is 5.78 Å². The Balaban J connectivity index is 0.000000314. The fourth-order valence-electron chi connectivity index (χ4n) is 7.41. The van der Waals surface area contributed by atoms with Gasteiger partial charge in [-0.2, -0.15) is 0 Å². The second kappa shape index (κ2) is 18.5. The van der Waals surface area contributed by atoms with Gasteiger partial charge in [-0.05, 0) is 68.3 Å². The summed E-state index contributed by atoms with van der Waals surface area (Å²) in [6.45, 7) is 31.3. The van der Waals surface area contributed by atoms with Crippen LogP contribution >= 0.6 is 11.3 Å². The van der Waals surface area contributed by atoms with Crippen molar-refractivity contribution in [3.63, 3.8) is 0 Å². The Morgan fingerprint density at radius 2 is 1.46 bits per heavy atom. The number of pyridine rings is 1. The maximum Gasteiger partial charge on any atom is 0.161 e. The van der Waals surface area contributed by atoms with E-state index < -0.39 is 16.1 Å². The maximum absolute atomic E-state index is 12.4. The Morgan fingerprint density at radius 1 is 0.889 bits per heavy atom. The molecule has 5 aromatic rings. The molecule has 0 fully saturated rings. The van der Waals surface area contributed by atoms with E-state index in [4.69, 9.17) is 9.97 Å². The molecule has 0 bridgehead atoms. The number of aliphatic hydroxyl groups excluding tert-OH is 1. The van der Waals surface area contributed by atoms with Crippen molar-refractivity contribution in [3.8, 4) is 21.8 Å². The molecule has 0 saturated carbocycles.